The van der Waals surface area contributed by atoms with Gasteiger partial charge in [0.05, 0.1) is 6.07 Å². The molecule has 4 aliphatic rings. The number of amides is 4. The first-order valence-corrected chi connectivity index (χ1v) is 15.5. The van der Waals surface area contributed by atoms with E-state index in [-0.39, 0.29) is 28.9 Å². The number of fused-ring (bicyclic) bond motifs is 4. The van der Waals surface area contributed by atoms with Crippen molar-refractivity contribution in [1.29, 1.82) is 5.26 Å². The van der Waals surface area contributed by atoms with Gasteiger partial charge in [0.1, 0.15) is 6.04 Å². The van der Waals surface area contributed by atoms with E-state index in [1.54, 1.807) is 35.2 Å². The lowest BCUT2D eigenvalue weighted by atomic mass is 9.48. The van der Waals surface area contributed by atoms with Crippen LogP contribution < -0.4 is 11.1 Å². The summed E-state index contributed by atoms with van der Waals surface area (Å²) in [7, 11) is 0. The third-order valence-electron chi connectivity index (χ3n) is 8.80. The van der Waals surface area contributed by atoms with Crippen LogP contribution in [0.1, 0.15) is 63.7 Å². The molecule has 2 aliphatic carbocycles. The van der Waals surface area contributed by atoms with Crippen molar-refractivity contribution < 1.29 is 24.3 Å². The molecular weight excluding hydrogens is 572 g/mol. The van der Waals surface area contributed by atoms with Gasteiger partial charge in [-0.2, -0.15) is 5.26 Å². The number of hydrogen-bond acceptors (Lipinski definition) is 7. The third kappa shape index (κ3) is 9.76. The molecule has 2 aliphatic heterocycles. The van der Waals surface area contributed by atoms with Crippen molar-refractivity contribution in [3.8, 4) is 11.8 Å². The van der Waals surface area contributed by atoms with Crippen LogP contribution >= 0.6 is 0 Å². The van der Waals surface area contributed by atoms with Crippen molar-refractivity contribution in [2.75, 3.05) is 25.0 Å². The highest BCUT2D eigenvalue weighted by Gasteiger charge is 2.59. The lowest BCUT2D eigenvalue weighted by Gasteiger charge is -2.56. The van der Waals surface area contributed by atoms with Gasteiger partial charge < -0.3 is 26.0 Å². The van der Waals surface area contributed by atoms with Crippen LogP contribution in [0.3, 0.4) is 0 Å². The quantitative estimate of drug-likeness (QED) is 0.424. The Morgan fingerprint density at radius 2 is 1.67 bits per heavy atom. The molecule has 0 radical (unpaired) electrons. The Hall–Kier alpha value is -4.46. The van der Waals surface area contributed by atoms with Gasteiger partial charge in [0.2, 0.25) is 24.6 Å². The number of nitrogens with two attached hydrogens (primary N) is 1. The van der Waals surface area contributed by atoms with Crippen LogP contribution in [0.5, 0.6) is 5.75 Å². The largest absolute Gasteiger partial charge is 0.504 e. The summed E-state index contributed by atoms with van der Waals surface area (Å²) >= 11 is 0. The van der Waals surface area contributed by atoms with Crippen LogP contribution in [-0.2, 0) is 14.4 Å². The zero-order chi connectivity index (χ0) is 33.1. The summed E-state index contributed by atoms with van der Waals surface area (Å²) in [6.07, 6.45) is 7.11. The second kappa shape index (κ2) is 16.0. The summed E-state index contributed by atoms with van der Waals surface area (Å²) in [6.45, 7) is 11.4. The van der Waals surface area contributed by atoms with Crippen LogP contribution in [0.15, 0.2) is 48.7 Å². The maximum absolute atomic E-state index is 12.1. The van der Waals surface area contributed by atoms with Gasteiger partial charge in [0.25, 0.3) is 0 Å². The van der Waals surface area contributed by atoms with Crippen molar-refractivity contribution in [1.82, 2.24) is 14.8 Å². The van der Waals surface area contributed by atoms with Crippen molar-refractivity contribution in [3.63, 3.8) is 0 Å². The molecule has 11 heteroatoms. The van der Waals surface area contributed by atoms with Crippen molar-refractivity contribution in [3.05, 3.63) is 54.2 Å². The topological polar surface area (TPSA) is 170 Å². The average molecular weight is 619 g/mol. The van der Waals surface area contributed by atoms with Gasteiger partial charge >= 0.3 is 0 Å². The molecule has 3 heterocycles. The summed E-state index contributed by atoms with van der Waals surface area (Å²) in [5, 5.41) is 19.7. The van der Waals surface area contributed by atoms with Crippen LogP contribution in [0.4, 0.5) is 5.82 Å². The van der Waals surface area contributed by atoms with E-state index in [9.17, 15) is 19.2 Å². The summed E-state index contributed by atoms with van der Waals surface area (Å²) < 4.78 is 0. The number of nitrogens with one attached hydrogen (secondary N) is 1. The molecule has 2 saturated carbocycles. The fraction of sp³-hybridized carbons (Fsp3) is 0.529. The summed E-state index contributed by atoms with van der Waals surface area (Å²) in [5.41, 5.74) is 5.66. The first-order valence-electron chi connectivity index (χ1n) is 15.5. The number of hydrogen-bond donors (Lipinski definition) is 3. The molecule has 1 aromatic carbocycles. The molecule has 4 amide bonds. The number of anilines is 1. The van der Waals surface area contributed by atoms with E-state index in [4.69, 9.17) is 16.1 Å². The van der Waals surface area contributed by atoms with E-state index in [0.717, 1.165) is 56.1 Å². The number of aromatic hydroxyl groups is 1. The second-order valence-corrected chi connectivity index (χ2v) is 13.4. The molecule has 1 aromatic heterocycles. The van der Waals surface area contributed by atoms with Crippen molar-refractivity contribution in [2.45, 2.75) is 59.4 Å². The third-order valence-corrected chi connectivity index (χ3v) is 8.80. The number of aromatic nitrogens is 1. The SMILES string of the molecule is CC(C)(C)CC(=O)N1CC2C3CC[C@H]3C2C1.CC1CC(C#N)N(C=O)C1.NC(=O)c1ccccc1.O=CNc1ncccc1O. The minimum Gasteiger partial charge on any atom is -0.504 e. The van der Waals surface area contributed by atoms with E-state index >= 15 is 0 Å². The van der Waals surface area contributed by atoms with Crippen LogP contribution in [0.25, 0.3) is 0 Å². The molecule has 5 unspecified atom stereocenters. The highest BCUT2D eigenvalue weighted by atomic mass is 16.3. The Bertz CT molecular complexity index is 1320. The number of nitriles is 1. The van der Waals surface area contributed by atoms with Crippen LogP contribution in [0, 0.1) is 46.3 Å². The Morgan fingerprint density at radius 3 is 2.09 bits per heavy atom. The molecule has 6 atom stereocenters. The lowest BCUT2D eigenvalue weighted by molar-refractivity contribution is -0.132. The minimum absolute atomic E-state index is 0.0328. The Labute approximate surface area is 265 Å². The number of carbonyl (C=O) groups is 4. The van der Waals surface area contributed by atoms with Gasteiger partial charge in [-0.05, 0) is 78.5 Å². The van der Waals surface area contributed by atoms with Gasteiger partial charge in [0.15, 0.2) is 11.6 Å². The average Bonchev–Trinajstić information content (AvgIpc) is 3.55. The monoisotopic (exact) mass is 618 g/mol. The molecule has 45 heavy (non-hydrogen) atoms. The first kappa shape index (κ1) is 35.0. The zero-order valence-electron chi connectivity index (χ0n) is 26.6. The molecule has 0 spiro atoms. The van der Waals surface area contributed by atoms with E-state index in [2.05, 4.69) is 42.0 Å². The molecule has 0 bridgehead atoms. The summed E-state index contributed by atoms with van der Waals surface area (Å²) in [5.74, 6) is 4.39. The number of primary amides is 1. The van der Waals surface area contributed by atoms with Gasteiger partial charge in [-0.15, -0.1) is 0 Å². The molecule has 11 nitrogen and oxygen atoms in total. The molecule has 4 fully saturated rings. The number of nitrogens with zero attached hydrogens (tertiary/aromatic N) is 4. The lowest BCUT2D eigenvalue weighted by Crippen LogP contribution is -2.52. The molecule has 2 aromatic rings. The van der Waals surface area contributed by atoms with Gasteiger partial charge in [-0.3, -0.25) is 19.2 Å². The van der Waals surface area contributed by atoms with Crippen LogP contribution in [-0.4, -0.2) is 70.2 Å². The van der Waals surface area contributed by atoms with Gasteiger partial charge in [0, 0.05) is 37.8 Å². The highest BCUT2D eigenvalue weighted by Crippen LogP contribution is 2.61. The zero-order valence-corrected chi connectivity index (χ0v) is 26.6. The molecule has 242 valence electrons. The molecule has 2 saturated heterocycles. The molecular formula is C34H46N6O5. The smallest absolute Gasteiger partial charge is 0.248 e. The maximum Gasteiger partial charge on any atom is 0.248 e. The van der Waals surface area contributed by atoms with Gasteiger partial charge in [-0.25, -0.2) is 4.98 Å². The number of likely N-dealkylation sites (tertiary alicyclic amines) is 2. The highest BCUT2D eigenvalue weighted by molar-refractivity contribution is 5.92. The molecule has 4 N–H and O–H groups in total. The van der Waals surface area contributed by atoms with Crippen molar-refractivity contribution >= 4 is 30.5 Å². The maximum atomic E-state index is 12.1. The van der Waals surface area contributed by atoms with Crippen molar-refractivity contribution in [2.24, 2.45) is 40.7 Å². The standard InChI is InChI=1S/C14H23NO.C7H10N2O.C7H7NO.C6H6N2O2/c1-14(2,3)6-13(16)15-7-11-9-4-5-10(9)12(11)8-15;1-6-2-7(3-8)9(4-6)5-10;8-7(9)6-4-2-1-3-5-6;9-4-8-6-5(10)2-1-3-7-6/h9-12H,4-8H2,1-3H3;5-7H,2,4H2,1H3;1-5H,(H2,8,9);1-4,10H,(H,7,8,9)/t9-,10?,11?,12?;;;/m1.../s1. The normalized spacial score (nSPS) is 25.3. The van der Waals surface area contributed by atoms with E-state index in [0.29, 0.717) is 30.2 Å². The number of benzene rings is 1. The number of carbonyl (C=O) groups excluding carboxylic acids is 4. The van der Waals surface area contributed by atoms with E-state index in [1.165, 1.54) is 25.1 Å². The fourth-order valence-electron chi connectivity index (χ4n) is 6.49. The van der Waals surface area contributed by atoms with Crippen LogP contribution in [0.2, 0.25) is 0 Å². The summed E-state index contributed by atoms with van der Waals surface area (Å²) in [4.78, 5) is 50.1. The Morgan fingerprint density at radius 1 is 1.04 bits per heavy atom. The van der Waals surface area contributed by atoms with Gasteiger partial charge in [-0.1, -0.05) is 45.9 Å². The summed E-state index contributed by atoms with van der Waals surface area (Å²) in [6, 6.07) is 13.7. The number of pyridine rings is 1. The second-order valence-electron chi connectivity index (χ2n) is 13.4. The molecule has 6 rings (SSSR count). The Balaban J connectivity index is 0.000000169. The first-order chi connectivity index (χ1) is 21.4. The van der Waals surface area contributed by atoms with E-state index in [1.807, 2.05) is 13.0 Å². The fourth-order valence-corrected chi connectivity index (χ4v) is 6.49. The van der Waals surface area contributed by atoms with E-state index < -0.39 is 0 Å². The predicted molar refractivity (Wildman–Crippen MR) is 170 cm³/mol. The number of rotatable bonds is 5. The minimum atomic E-state index is -0.379. The predicted octanol–water partition coefficient (Wildman–Crippen LogP) is 4.05. The Kier molecular flexibility index (Phi) is 12.5.